The van der Waals surface area contributed by atoms with Gasteiger partial charge in [-0.2, -0.15) is 0 Å². The van der Waals surface area contributed by atoms with Crippen molar-refractivity contribution in [1.29, 1.82) is 0 Å². The topological polar surface area (TPSA) is 34.1 Å². The first-order valence-electron chi connectivity index (χ1n) is 5.18. The summed E-state index contributed by atoms with van der Waals surface area (Å²) in [5.41, 5.74) is 0.0979. The molecule has 0 amide bonds. The van der Waals surface area contributed by atoms with E-state index in [1.807, 2.05) is 0 Å². The van der Waals surface area contributed by atoms with E-state index in [-0.39, 0.29) is 22.9 Å². The molecule has 0 aromatic rings. The van der Waals surface area contributed by atoms with Crippen LogP contribution < -0.4 is 0 Å². The molecule has 2 saturated carbocycles. The zero-order valence-electron chi connectivity index (χ0n) is 8.14. The molecule has 2 heteroatoms. The van der Waals surface area contributed by atoms with Crippen LogP contribution in [-0.2, 0) is 9.59 Å². The van der Waals surface area contributed by atoms with Gasteiger partial charge in [0.15, 0.2) is 0 Å². The summed E-state index contributed by atoms with van der Waals surface area (Å²) in [6.45, 7) is 1.76. The van der Waals surface area contributed by atoms with Gasteiger partial charge in [0.25, 0.3) is 0 Å². The van der Waals surface area contributed by atoms with E-state index in [9.17, 15) is 9.59 Å². The Bertz CT molecular complexity index is 229. The van der Waals surface area contributed by atoms with E-state index in [0.29, 0.717) is 12.8 Å². The molecule has 2 aliphatic rings. The first-order valence-corrected chi connectivity index (χ1v) is 5.18. The summed E-state index contributed by atoms with van der Waals surface area (Å²) >= 11 is 0. The Morgan fingerprint density at radius 1 is 1.08 bits per heavy atom. The number of Topliss-reactive ketones (excluding diaryl/α,β-unsaturated/α-hetero) is 2. The Morgan fingerprint density at radius 3 is 2.00 bits per heavy atom. The summed E-state index contributed by atoms with van der Waals surface area (Å²) in [6.07, 6.45) is 5.93. The van der Waals surface area contributed by atoms with Crippen LogP contribution in [-0.4, -0.2) is 11.6 Å². The standard InChI is InChI=1S/C11H16O2/c1-8-9(12)6-11(7-10(8)13)4-2-3-5-11/h8H,2-7H2,1H3. The maximum Gasteiger partial charge on any atom is 0.143 e. The van der Waals surface area contributed by atoms with Crippen LogP contribution >= 0.6 is 0 Å². The maximum atomic E-state index is 11.5. The minimum absolute atomic E-state index is 0.0979. The van der Waals surface area contributed by atoms with Gasteiger partial charge in [-0.1, -0.05) is 12.8 Å². The Hall–Kier alpha value is -0.660. The van der Waals surface area contributed by atoms with Gasteiger partial charge in [0.2, 0.25) is 0 Å². The zero-order valence-corrected chi connectivity index (χ0v) is 8.14. The predicted octanol–water partition coefficient (Wildman–Crippen LogP) is 2.11. The molecule has 2 nitrogen and oxygen atoms in total. The third kappa shape index (κ3) is 1.43. The second-order valence-corrected chi connectivity index (χ2v) is 4.71. The van der Waals surface area contributed by atoms with Crippen LogP contribution in [0.2, 0.25) is 0 Å². The lowest BCUT2D eigenvalue weighted by Crippen LogP contribution is -2.37. The molecule has 72 valence electrons. The molecular formula is C11H16O2. The van der Waals surface area contributed by atoms with E-state index in [1.165, 1.54) is 12.8 Å². The number of ketones is 2. The van der Waals surface area contributed by atoms with Gasteiger partial charge in [-0.05, 0) is 25.2 Å². The molecular weight excluding hydrogens is 164 g/mol. The third-order valence-electron chi connectivity index (χ3n) is 3.73. The lowest BCUT2D eigenvalue weighted by molar-refractivity contribution is -0.139. The molecule has 0 atom stereocenters. The van der Waals surface area contributed by atoms with Crippen LogP contribution in [0.5, 0.6) is 0 Å². The molecule has 2 fully saturated rings. The van der Waals surface area contributed by atoms with E-state index in [4.69, 9.17) is 0 Å². The van der Waals surface area contributed by atoms with E-state index in [1.54, 1.807) is 6.92 Å². The molecule has 0 aliphatic heterocycles. The van der Waals surface area contributed by atoms with Crippen molar-refractivity contribution in [1.82, 2.24) is 0 Å². The second kappa shape index (κ2) is 2.93. The summed E-state index contributed by atoms with van der Waals surface area (Å²) in [4.78, 5) is 23.1. The van der Waals surface area contributed by atoms with E-state index >= 15 is 0 Å². The highest BCUT2D eigenvalue weighted by Crippen LogP contribution is 2.47. The van der Waals surface area contributed by atoms with Crippen LogP contribution in [0.3, 0.4) is 0 Å². The van der Waals surface area contributed by atoms with E-state index in [2.05, 4.69) is 0 Å². The fourth-order valence-electron chi connectivity index (χ4n) is 2.77. The average Bonchev–Trinajstić information content (AvgIpc) is 2.49. The van der Waals surface area contributed by atoms with Crippen LogP contribution in [0.25, 0.3) is 0 Å². The molecule has 0 N–H and O–H groups in total. The SMILES string of the molecule is CC1C(=O)CC2(CCCC2)CC1=O. The average molecular weight is 180 g/mol. The molecule has 0 aromatic carbocycles. The maximum absolute atomic E-state index is 11.5. The highest BCUT2D eigenvalue weighted by Gasteiger charge is 2.44. The predicted molar refractivity (Wildman–Crippen MR) is 49.3 cm³/mol. The fraction of sp³-hybridized carbons (Fsp3) is 0.818. The highest BCUT2D eigenvalue weighted by atomic mass is 16.2. The zero-order chi connectivity index (χ0) is 9.47. The summed E-state index contributed by atoms with van der Waals surface area (Å²) in [5.74, 6) is 0.0440. The largest absolute Gasteiger partial charge is 0.299 e. The molecule has 0 saturated heterocycles. The first kappa shape index (κ1) is 8.92. The Labute approximate surface area is 78.7 Å². The van der Waals surface area contributed by atoms with Crippen molar-refractivity contribution in [2.24, 2.45) is 11.3 Å². The quantitative estimate of drug-likeness (QED) is 0.535. The number of hydrogen-bond acceptors (Lipinski definition) is 2. The van der Waals surface area contributed by atoms with Gasteiger partial charge in [-0.25, -0.2) is 0 Å². The van der Waals surface area contributed by atoms with Gasteiger partial charge in [-0.15, -0.1) is 0 Å². The fourth-order valence-corrected chi connectivity index (χ4v) is 2.77. The Morgan fingerprint density at radius 2 is 1.54 bits per heavy atom. The van der Waals surface area contributed by atoms with Gasteiger partial charge in [0.05, 0.1) is 5.92 Å². The molecule has 2 aliphatic carbocycles. The van der Waals surface area contributed by atoms with Crippen molar-refractivity contribution in [2.75, 3.05) is 0 Å². The molecule has 0 unspecified atom stereocenters. The smallest absolute Gasteiger partial charge is 0.143 e. The minimum Gasteiger partial charge on any atom is -0.299 e. The molecule has 0 bridgehead atoms. The molecule has 0 aromatic heterocycles. The monoisotopic (exact) mass is 180 g/mol. The first-order chi connectivity index (χ1) is 6.13. The normalized spacial score (nSPS) is 28.7. The number of carbonyl (C=O) groups excluding carboxylic acids is 2. The summed E-state index contributed by atoms with van der Waals surface area (Å²) in [7, 11) is 0. The second-order valence-electron chi connectivity index (χ2n) is 4.71. The number of rotatable bonds is 0. The lowest BCUT2D eigenvalue weighted by atomic mass is 9.68. The molecule has 0 heterocycles. The van der Waals surface area contributed by atoms with Gasteiger partial charge in [-0.3, -0.25) is 9.59 Å². The van der Waals surface area contributed by atoms with Crippen molar-refractivity contribution in [3.05, 3.63) is 0 Å². The summed E-state index contributed by atoms with van der Waals surface area (Å²) in [6, 6.07) is 0. The van der Waals surface area contributed by atoms with Gasteiger partial charge >= 0.3 is 0 Å². The molecule has 1 spiro atoms. The molecule has 0 radical (unpaired) electrons. The minimum atomic E-state index is -0.314. The highest BCUT2D eigenvalue weighted by molar-refractivity contribution is 6.04. The van der Waals surface area contributed by atoms with Crippen molar-refractivity contribution in [3.63, 3.8) is 0 Å². The van der Waals surface area contributed by atoms with Crippen molar-refractivity contribution in [3.8, 4) is 0 Å². The number of carbonyl (C=O) groups is 2. The Kier molecular flexibility index (Phi) is 2.01. The Balaban J connectivity index is 2.17. The number of hydrogen-bond donors (Lipinski definition) is 0. The lowest BCUT2D eigenvalue weighted by Gasteiger charge is -2.33. The molecule has 13 heavy (non-hydrogen) atoms. The van der Waals surface area contributed by atoms with E-state index < -0.39 is 0 Å². The summed E-state index contributed by atoms with van der Waals surface area (Å²) < 4.78 is 0. The van der Waals surface area contributed by atoms with Crippen molar-refractivity contribution >= 4 is 11.6 Å². The van der Waals surface area contributed by atoms with Crippen molar-refractivity contribution < 1.29 is 9.59 Å². The molecule has 2 rings (SSSR count). The van der Waals surface area contributed by atoms with Crippen LogP contribution in [0.4, 0.5) is 0 Å². The van der Waals surface area contributed by atoms with Gasteiger partial charge < -0.3 is 0 Å². The van der Waals surface area contributed by atoms with Crippen LogP contribution in [0.15, 0.2) is 0 Å². The van der Waals surface area contributed by atoms with Gasteiger partial charge in [0, 0.05) is 12.8 Å². The van der Waals surface area contributed by atoms with Crippen LogP contribution in [0.1, 0.15) is 45.4 Å². The van der Waals surface area contributed by atoms with Crippen molar-refractivity contribution in [2.45, 2.75) is 45.4 Å². The summed E-state index contributed by atoms with van der Waals surface area (Å²) in [5, 5.41) is 0. The van der Waals surface area contributed by atoms with Crippen LogP contribution in [0, 0.1) is 11.3 Å². The third-order valence-corrected chi connectivity index (χ3v) is 3.73. The van der Waals surface area contributed by atoms with Gasteiger partial charge in [0.1, 0.15) is 11.6 Å². The van der Waals surface area contributed by atoms with E-state index in [0.717, 1.165) is 12.8 Å².